The van der Waals surface area contributed by atoms with Crippen molar-refractivity contribution in [2.45, 2.75) is 13.0 Å². The van der Waals surface area contributed by atoms with Crippen molar-refractivity contribution in [1.82, 2.24) is 9.38 Å². The summed E-state index contributed by atoms with van der Waals surface area (Å²) in [5.74, 6) is 0.0897. The maximum absolute atomic E-state index is 11.6. The normalized spacial score (nSPS) is 12.6. The lowest BCUT2D eigenvalue weighted by Gasteiger charge is -2.04. The molecule has 0 amide bonds. The van der Waals surface area contributed by atoms with E-state index < -0.39 is 5.97 Å². The van der Waals surface area contributed by atoms with Gasteiger partial charge in [0.25, 0.3) is 0 Å². The zero-order chi connectivity index (χ0) is 12.6. The first-order valence-corrected chi connectivity index (χ1v) is 5.16. The summed E-state index contributed by atoms with van der Waals surface area (Å²) < 4.78 is 6.40. The molecule has 0 saturated carbocycles. The number of anilines is 1. The molecule has 0 spiro atoms. The lowest BCUT2D eigenvalue weighted by molar-refractivity contribution is 0.0597. The molecule has 17 heavy (non-hydrogen) atoms. The van der Waals surface area contributed by atoms with Crippen molar-refractivity contribution in [1.29, 1.82) is 0 Å². The number of ether oxygens (including phenoxy) is 1. The number of rotatable bonds is 2. The fourth-order valence-corrected chi connectivity index (χ4v) is 1.69. The number of carbonyl (C=O) groups is 1. The highest BCUT2D eigenvalue weighted by Gasteiger charge is 2.19. The summed E-state index contributed by atoms with van der Waals surface area (Å²) in [6.07, 6.45) is 1.69. The van der Waals surface area contributed by atoms with Crippen molar-refractivity contribution in [2.24, 2.45) is 5.73 Å². The van der Waals surface area contributed by atoms with E-state index in [0.29, 0.717) is 17.0 Å². The van der Waals surface area contributed by atoms with Gasteiger partial charge < -0.3 is 16.2 Å². The third kappa shape index (κ3) is 1.83. The van der Waals surface area contributed by atoms with Gasteiger partial charge in [-0.3, -0.25) is 4.40 Å². The molecule has 0 aromatic carbocycles. The number of fused-ring (bicyclic) bond motifs is 1. The lowest BCUT2D eigenvalue weighted by atomic mass is 10.3. The molecule has 1 atom stereocenters. The second kappa shape index (κ2) is 4.06. The SMILES string of the molecule is COC(=O)c1nc(C(C)N)n2cc(N)ccc12. The number of methoxy groups -OCH3 is 1. The van der Waals surface area contributed by atoms with E-state index in [-0.39, 0.29) is 11.7 Å². The minimum atomic E-state index is -0.487. The van der Waals surface area contributed by atoms with E-state index in [0.717, 1.165) is 0 Å². The van der Waals surface area contributed by atoms with Gasteiger partial charge in [-0.1, -0.05) is 0 Å². The number of pyridine rings is 1. The molecule has 2 heterocycles. The number of hydrogen-bond donors (Lipinski definition) is 2. The third-order valence-electron chi connectivity index (χ3n) is 2.47. The van der Waals surface area contributed by atoms with Crippen LogP contribution in [-0.2, 0) is 4.74 Å². The van der Waals surface area contributed by atoms with Crippen LogP contribution in [-0.4, -0.2) is 22.5 Å². The van der Waals surface area contributed by atoms with Crippen LogP contribution >= 0.6 is 0 Å². The Balaban J connectivity index is 2.75. The molecule has 2 aromatic rings. The summed E-state index contributed by atoms with van der Waals surface area (Å²) in [4.78, 5) is 15.8. The van der Waals surface area contributed by atoms with Crippen LogP contribution in [0.15, 0.2) is 18.3 Å². The van der Waals surface area contributed by atoms with Crippen LogP contribution in [0.2, 0.25) is 0 Å². The van der Waals surface area contributed by atoms with Gasteiger partial charge in [-0.15, -0.1) is 0 Å². The molecular formula is C11H14N4O2. The number of carbonyl (C=O) groups excluding carboxylic acids is 1. The van der Waals surface area contributed by atoms with Gasteiger partial charge in [0.05, 0.1) is 18.7 Å². The largest absolute Gasteiger partial charge is 0.464 e. The van der Waals surface area contributed by atoms with Crippen LogP contribution < -0.4 is 11.5 Å². The second-order valence-corrected chi connectivity index (χ2v) is 3.82. The molecule has 4 N–H and O–H groups in total. The van der Waals surface area contributed by atoms with E-state index in [1.165, 1.54) is 7.11 Å². The Bertz CT molecular complexity index is 574. The van der Waals surface area contributed by atoms with E-state index in [9.17, 15) is 4.79 Å². The van der Waals surface area contributed by atoms with Gasteiger partial charge >= 0.3 is 5.97 Å². The molecule has 2 aromatic heterocycles. The van der Waals surface area contributed by atoms with E-state index in [1.807, 2.05) is 0 Å². The Morgan fingerprint density at radius 1 is 1.53 bits per heavy atom. The third-order valence-corrected chi connectivity index (χ3v) is 2.47. The molecule has 0 saturated heterocycles. The van der Waals surface area contributed by atoms with Crippen LogP contribution in [0.5, 0.6) is 0 Å². The highest BCUT2D eigenvalue weighted by molar-refractivity contribution is 5.95. The van der Waals surface area contributed by atoms with Crippen molar-refractivity contribution in [2.75, 3.05) is 12.8 Å². The number of imidazole rings is 1. The molecule has 1 unspecified atom stereocenters. The fourth-order valence-electron chi connectivity index (χ4n) is 1.69. The molecule has 0 aliphatic rings. The fraction of sp³-hybridized carbons (Fsp3) is 0.273. The zero-order valence-corrected chi connectivity index (χ0v) is 9.68. The molecule has 6 heteroatoms. The van der Waals surface area contributed by atoms with Crippen LogP contribution in [0.4, 0.5) is 5.69 Å². The highest BCUT2D eigenvalue weighted by Crippen LogP contribution is 2.19. The predicted molar refractivity (Wildman–Crippen MR) is 63.5 cm³/mol. The number of nitrogens with two attached hydrogens (primary N) is 2. The van der Waals surface area contributed by atoms with Crippen LogP contribution in [0.1, 0.15) is 29.3 Å². The smallest absolute Gasteiger partial charge is 0.358 e. The number of nitrogens with zero attached hydrogens (tertiary/aromatic N) is 2. The molecule has 0 radical (unpaired) electrons. The average Bonchev–Trinajstić information content (AvgIpc) is 2.66. The Labute approximate surface area is 98.2 Å². The highest BCUT2D eigenvalue weighted by atomic mass is 16.5. The Morgan fingerprint density at radius 2 is 2.24 bits per heavy atom. The van der Waals surface area contributed by atoms with Crippen molar-refractivity contribution in [3.8, 4) is 0 Å². The Kier molecular flexibility index (Phi) is 2.72. The van der Waals surface area contributed by atoms with E-state index >= 15 is 0 Å². The molecular weight excluding hydrogens is 220 g/mol. The van der Waals surface area contributed by atoms with Gasteiger partial charge in [0.1, 0.15) is 5.82 Å². The maximum Gasteiger partial charge on any atom is 0.358 e. The number of aromatic nitrogens is 2. The van der Waals surface area contributed by atoms with E-state index in [2.05, 4.69) is 9.72 Å². The van der Waals surface area contributed by atoms with Crippen molar-refractivity contribution in [3.63, 3.8) is 0 Å². The monoisotopic (exact) mass is 234 g/mol. The van der Waals surface area contributed by atoms with E-state index in [4.69, 9.17) is 11.5 Å². The summed E-state index contributed by atoms with van der Waals surface area (Å²) in [7, 11) is 1.32. The van der Waals surface area contributed by atoms with Crippen LogP contribution in [0.25, 0.3) is 5.52 Å². The average molecular weight is 234 g/mol. The van der Waals surface area contributed by atoms with Gasteiger partial charge in [0, 0.05) is 11.9 Å². The van der Waals surface area contributed by atoms with Gasteiger partial charge in [0.2, 0.25) is 0 Å². The molecule has 90 valence electrons. The minimum Gasteiger partial charge on any atom is -0.464 e. The van der Waals surface area contributed by atoms with Gasteiger partial charge in [-0.2, -0.15) is 0 Å². The Morgan fingerprint density at radius 3 is 2.82 bits per heavy atom. The molecule has 0 fully saturated rings. The van der Waals surface area contributed by atoms with Crippen molar-refractivity contribution < 1.29 is 9.53 Å². The van der Waals surface area contributed by atoms with Crippen molar-refractivity contribution in [3.05, 3.63) is 29.8 Å². The van der Waals surface area contributed by atoms with Gasteiger partial charge in [-0.25, -0.2) is 9.78 Å². The summed E-state index contributed by atoms with van der Waals surface area (Å²) >= 11 is 0. The first kappa shape index (κ1) is 11.4. The number of hydrogen-bond acceptors (Lipinski definition) is 5. The molecule has 0 aliphatic carbocycles. The Hall–Kier alpha value is -2.08. The minimum absolute atomic E-state index is 0.250. The quantitative estimate of drug-likeness (QED) is 0.746. The first-order chi connectivity index (χ1) is 8.04. The van der Waals surface area contributed by atoms with Crippen LogP contribution in [0, 0.1) is 0 Å². The zero-order valence-electron chi connectivity index (χ0n) is 9.68. The molecule has 0 aliphatic heterocycles. The molecule has 6 nitrogen and oxygen atoms in total. The summed E-state index contributed by atoms with van der Waals surface area (Å²) in [5, 5.41) is 0. The predicted octanol–water partition coefficient (Wildman–Crippen LogP) is 0.723. The van der Waals surface area contributed by atoms with Crippen LogP contribution in [0.3, 0.4) is 0 Å². The maximum atomic E-state index is 11.6. The standard InChI is InChI=1S/C11H14N4O2/c1-6(12)10-14-9(11(16)17-2)8-4-3-7(13)5-15(8)10/h3-6H,12-13H2,1-2H3. The number of nitrogen functional groups attached to an aromatic ring is 1. The summed E-state index contributed by atoms with van der Waals surface area (Å²) in [6, 6.07) is 3.12. The molecule has 0 bridgehead atoms. The number of esters is 1. The second-order valence-electron chi connectivity index (χ2n) is 3.82. The van der Waals surface area contributed by atoms with Gasteiger partial charge in [-0.05, 0) is 19.1 Å². The van der Waals surface area contributed by atoms with E-state index in [1.54, 1.807) is 29.7 Å². The molecule has 2 rings (SSSR count). The lowest BCUT2D eigenvalue weighted by Crippen LogP contribution is -2.10. The first-order valence-electron chi connectivity index (χ1n) is 5.16. The topological polar surface area (TPSA) is 95.6 Å². The van der Waals surface area contributed by atoms with Gasteiger partial charge in [0.15, 0.2) is 5.69 Å². The summed E-state index contributed by atoms with van der Waals surface area (Å²) in [6.45, 7) is 1.79. The van der Waals surface area contributed by atoms with Crippen molar-refractivity contribution >= 4 is 17.2 Å². The summed E-state index contributed by atoms with van der Waals surface area (Å²) in [5.41, 5.74) is 13.0.